The second-order valence-electron chi connectivity index (χ2n) is 4.68. The molecule has 1 aromatic carbocycles. The number of halogens is 3. The number of carbonyl (C=O) groups is 1. The number of ether oxygens (including phenoxy) is 1. The molecule has 2 rings (SSSR count). The lowest BCUT2D eigenvalue weighted by atomic mass is 10.1. The van der Waals surface area contributed by atoms with Crippen molar-refractivity contribution < 1.29 is 18.3 Å². The van der Waals surface area contributed by atoms with Crippen LogP contribution in [0.1, 0.15) is 19.8 Å². The smallest absolute Gasteiger partial charge is 0.319 e. The van der Waals surface area contributed by atoms with E-state index in [0.717, 1.165) is 25.0 Å². The Morgan fingerprint density at radius 3 is 2.65 bits per heavy atom. The quantitative estimate of drug-likeness (QED) is 0.879. The van der Waals surface area contributed by atoms with Crippen molar-refractivity contribution in [2.75, 3.05) is 11.9 Å². The van der Waals surface area contributed by atoms with Gasteiger partial charge in [0, 0.05) is 11.1 Å². The maximum Gasteiger partial charge on any atom is 0.319 e. The summed E-state index contributed by atoms with van der Waals surface area (Å²) in [5, 5.41) is 4.80. The van der Waals surface area contributed by atoms with Gasteiger partial charge in [0.15, 0.2) is 11.6 Å². The van der Waals surface area contributed by atoms with Gasteiger partial charge < -0.3 is 15.4 Å². The SMILES string of the molecule is C[C@@H](NC(=O)Nc1c(F)cc(Br)cc1F)[C@@H]1CCCO1. The minimum Gasteiger partial charge on any atom is -0.376 e. The Morgan fingerprint density at radius 1 is 1.45 bits per heavy atom. The summed E-state index contributed by atoms with van der Waals surface area (Å²) < 4.78 is 32.8. The molecule has 1 heterocycles. The maximum atomic E-state index is 13.6. The van der Waals surface area contributed by atoms with E-state index in [9.17, 15) is 13.6 Å². The molecule has 7 heteroatoms. The minimum absolute atomic E-state index is 0.0552. The molecule has 1 saturated heterocycles. The van der Waals surface area contributed by atoms with Crippen LogP contribution < -0.4 is 10.6 Å². The lowest BCUT2D eigenvalue weighted by Crippen LogP contribution is -2.43. The maximum absolute atomic E-state index is 13.6. The van der Waals surface area contributed by atoms with Crippen LogP contribution in [0, 0.1) is 11.6 Å². The molecule has 1 aromatic rings. The van der Waals surface area contributed by atoms with E-state index in [-0.39, 0.29) is 16.6 Å². The molecule has 0 radical (unpaired) electrons. The van der Waals surface area contributed by atoms with Crippen LogP contribution in [0.4, 0.5) is 19.3 Å². The molecule has 4 nitrogen and oxygen atoms in total. The number of hydrogen-bond donors (Lipinski definition) is 2. The number of carbonyl (C=O) groups excluding carboxylic acids is 1. The first-order chi connectivity index (χ1) is 9.47. The van der Waals surface area contributed by atoms with Gasteiger partial charge in [0.1, 0.15) is 5.69 Å². The van der Waals surface area contributed by atoms with Gasteiger partial charge >= 0.3 is 6.03 Å². The van der Waals surface area contributed by atoms with Gasteiger partial charge in [-0.15, -0.1) is 0 Å². The summed E-state index contributed by atoms with van der Waals surface area (Å²) in [5.74, 6) is -1.67. The average Bonchev–Trinajstić information content (AvgIpc) is 2.87. The summed E-state index contributed by atoms with van der Waals surface area (Å²) in [5.41, 5.74) is -0.467. The number of rotatable bonds is 3. The molecule has 110 valence electrons. The summed E-state index contributed by atoms with van der Waals surface area (Å²) in [6.07, 6.45) is 1.76. The first-order valence-corrected chi connectivity index (χ1v) is 7.10. The molecule has 0 bridgehead atoms. The van der Waals surface area contributed by atoms with Gasteiger partial charge in [-0.1, -0.05) is 15.9 Å². The predicted molar refractivity (Wildman–Crippen MR) is 74.6 cm³/mol. The zero-order valence-corrected chi connectivity index (χ0v) is 12.5. The average molecular weight is 349 g/mol. The minimum atomic E-state index is -0.836. The van der Waals surface area contributed by atoms with Gasteiger partial charge in [0.05, 0.1) is 12.1 Å². The van der Waals surface area contributed by atoms with E-state index in [2.05, 4.69) is 26.6 Å². The number of anilines is 1. The molecular weight excluding hydrogens is 334 g/mol. The van der Waals surface area contributed by atoms with Gasteiger partial charge in [0.25, 0.3) is 0 Å². The summed E-state index contributed by atoms with van der Waals surface area (Å²) in [6, 6.07) is 1.29. The molecule has 2 atom stereocenters. The Hall–Kier alpha value is -1.21. The van der Waals surface area contributed by atoms with Gasteiger partial charge in [-0.2, -0.15) is 0 Å². The van der Waals surface area contributed by atoms with Crippen LogP contribution in [-0.4, -0.2) is 24.8 Å². The third kappa shape index (κ3) is 3.67. The topological polar surface area (TPSA) is 50.4 Å². The van der Waals surface area contributed by atoms with Gasteiger partial charge in [-0.05, 0) is 31.9 Å². The third-order valence-corrected chi connectivity index (χ3v) is 3.58. The zero-order chi connectivity index (χ0) is 14.7. The number of hydrogen-bond acceptors (Lipinski definition) is 2. The van der Waals surface area contributed by atoms with E-state index >= 15 is 0 Å². The lowest BCUT2D eigenvalue weighted by Gasteiger charge is -2.20. The van der Waals surface area contributed by atoms with Crippen molar-refractivity contribution in [1.29, 1.82) is 0 Å². The fourth-order valence-corrected chi connectivity index (χ4v) is 2.51. The van der Waals surface area contributed by atoms with Crippen molar-refractivity contribution in [3.05, 3.63) is 28.2 Å². The highest BCUT2D eigenvalue weighted by Crippen LogP contribution is 2.23. The molecule has 0 unspecified atom stereocenters. The lowest BCUT2D eigenvalue weighted by molar-refractivity contribution is 0.0868. The van der Waals surface area contributed by atoms with Crippen molar-refractivity contribution in [2.45, 2.75) is 31.9 Å². The van der Waals surface area contributed by atoms with Crippen molar-refractivity contribution in [2.24, 2.45) is 0 Å². The molecule has 0 aromatic heterocycles. The highest BCUT2D eigenvalue weighted by atomic mass is 79.9. The van der Waals surface area contributed by atoms with E-state index in [1.807, 2.05) is 0 Å². The molecule has 1 fully saturated rings. The van der Waals surface area contributed by atoms with Crippen molar-refractivity contribution >= 4 is 27.6 Å². The van der Waals surface area contributed by atoms with Crippen LogP contribution >= 0.6 is 15.9 Å². The number of urea groups is 1. The molecule has 0 spiro atoms. The predicted octanol–water partition coefficient (Wildman–Crippen LogP) is 3.42. The fourth-order valence-electron chi connectivity index (χ4n) is 2.11. The molecule has 0 aliphatic carbocycles. The van der Waals surface area contributed by atoms with E-state index < -0.39 is 23.4 Å². The van der Waals surface area contributed by atoms with Crippen molar-refractivity contribution in [1.82, 2.24) is 5.32 Å². The fraction of sp³-hybridized carbons (Fsp3) is 0.462. The normalized spacial score (nSPS) is 19.7. The van der Waals surface area contributed by atoms with Crippen LogP contribution in [0.25, 0.3) is 0 Å². The van der Waals surface area contributed by atoms with Crippen molar-refractivity contribution in [3.8, 4) is 0 Å². The zero-order valence-electron chi connectivity index (χ0n) is 10.9. The van der Waals surface area contributed by atoms with E-state index in [1.54, 1.807) is 6.92 Å². The van der Waals surface area contributed by atoms with Gasteiger partial charge in [0.2, 0.25) is 0 Å². The van der Waals surface area contributed by atoms with E-state index in [4.69, 9.17) is 4.74 Å². The highest BCUT2D eigenvalue weighted by molar-refractivity contribution is 9.10. The summed E-state index contributed by atoms with van der Waals surface area (Å²) >= 11 is 2.97. The van der Waals surface area contributed by atoms with Crippen LogP contribution in [0.3, 0.4) is 0 Å². The van der Waals surface area contributed by atoms with Crippen LogP contribution in [0.15, 0.2) is 16.6 Å². The Kier molecular flexibility index (Phi) is 4.93. The molecule has 0 saturated carbocycles. The number of nitrogens with one attached hydrogen (secondary N) is 2. The molecular formula is C13H15BrF2N2O2. The van der Waals surface area contributed by atoms with Crippen molar-refractivity contribution in [3.63, 3.8) is 0 Å². The van der Waals surface area contributed by atoms with E-state index in [1.165, 1.54) is 0 Å². The number of amides is 2. The van der Waals surface area contributed by atoms with Crippen LogP contribution in [-0.2, 0) is 4.74 Å². The van der Waals surface area contributed by atoms with Gasteiger partial charge in [-0.3, -0.25) is 0 Å². The third-order valence-electron chi connectivity index (χ3n) is 3.13. The monoisotopic (exact) mass is 348 g/mol. The molecule has 2 amide bonds. The molecule has 20 heavy (non-hydrogen) atoms. The summed E-state index contributed by atoms with van der Waals surface area (Å²) in [7, 11) is 0. The standard InChI is InChI=1S/C13H15BrF2N2O2/c1-7(11-3-2-4-20-11)17-13(19)18-12-9(15)5-8(14)6-10(12)16/h5-7,11H,2-4H2,1H3,(H2,17,18,19)/t7-,11+/m1/s1. The summed E-state index contributed by atoms with van der Waals surface area (Å²) in [4.78, 5) is 11.7. The highest BCUT2D eigenvalue weighted by Gasteiger charge is 2.24. The molecule has 1 aliphatic rings. The van der Waals surface area contributed by atoms with Crippen LogP contribution in [0.5, 0.6) is 0 Å². The Morgan fingerprint density at radius 2 is 2.10 bits per heavy atom. The van der Waals surface area contributed by atoms with Crippen LogP contribution in [0.2, 0.25) is 0 Å². The second-order valence-corrected chi connectivity index (χ2v) is 5.60. The first-order valence-electron chi connectivity index (χ1n) is 6.31. The van der Waals surface area contributed by atoms with Gasteiger partial charge in [-0.25, -0.2) is 13.6 Å². The Labute approximate surface area is 124 Å². The second kappa shape index (κ2) is 6.49. The largest absolute Gasteiger partial charge is 0.376 e. The summed E-state index contributed by atoms with van der Waals surface area (Å²) in [6.45, 7) is 2.47. The first kappa shape index (κ1) is 15.2. The number of benzene rings is 1. The van der Waals surface area contributed by atoms with E-state index in [0.29, 0.717) is 6.61 Å². The Bertz CT molecular complexity index is 484. The Balaban J connectivity index is 1.97. The molecule has 2 N–H and O–H groups in total. The molecule has 1 aliphatic heterocycles.